The van der Waals surface area contributed by atoms with Gasteiger partial charge in [0.1, 0.15) is 5.75 Å². The lowest BCUT2D eigenvalue weighted by molar-refractivity contribution is -0.125. The van der Waals surface area contributed by atoms with Crippen LogP contribution in [-0.4, -0.2) is 29.6 Å². The van der Waals surface area contributed by atoms with Crippen LogP contribution in [0, 0.1) is 0 Å². The molecule has 19 heavy (non-hydrogen) atoms. The largest absolute Gasteiger partial charge is 0.508 e. The molecule has 0 fully saturated rings. The Labute approximate surface area is 112 Å². The summed E-state index contributed by atoms with van der Waals surface area (Å²) in [6.07, 6.45) is 1.68. The van der Waals surface area contributed by atoms with Crippen molar-refractivity contribution in [3.05, 3.63) is 29.8 Å². The van der Waals surface area contributed by atoms with E-state index in [9.17, 15) is 9.59 Å². The summed E-state index contributed by atoms with van der Waals surface area (Å²) >= 11 is 0. The van der Waals surface area contributed by atoms with E-state index in [1.54, 1.807) is 0 Å². The molecule has 0 aliphatic rings. The molecule has 0 unspecified atom stereocenters. The Morgan fingerprint density at radius 3 is 2.32 bits per heavy atom. The van der Waals surface area contributed by atoms with E-state index in [0.717, 1.165) is 12.8 Å². The number of phenols is 1. The van der Waals surface area contributed by atoms with Gasteiger partial charge in [0.25, 0.3) is 5.91 Å². The fourth-order valence-electron chi connectivity index (χ4n) is 1.57. The summed E-state index contributed by atoms with van der Waals surface area (Å²) in [5, 5.41) is 11.9. The van der Waals surface area contributed by atoms with Crippen molar-refractivity contribution in [3.63, 3.8) is 0 Å². The average Bonchev–Trinajstić information content (AvgIpc) is 2.43. The molecule has 104 valence electrons. The first kappa shape index (κ1) is 15.0. The molecule has 0 saturated carbocycles. The molecule has 0 radical (unpaired) electrons. The predicted octanol–water partition coefficient (Wildman–Crippen LogP) is 1.85. The summed E-state index contributed by atoms with van der Waals surface area (Å²) in [5.41, 5.74) is 0.299. The molecule has 0 bridgehead atoms. The molecule has 0 heterocycles. The van der Waals surface area contributed by atoms with Crippen LogP contribution in [0.15, 0.2) is 24.3 Å². The van der Waals surface area contributed by atoms with Crippen molar-refractivity contribution in [1.82, 2.24) is 5.32 Å². The zero-order chi connectivity index (χ0) is 14.3. The third kappa shape index (κ3) is 4.99. The highest BCUT2D eigenvalue weighted by Crippen LogP contribution is 2.10. The summed E-state index contributed by atoms with van der Waals surface area (Å²) in [5.74, 6) is -0.816. The maximum absolute atomic E-state index is 11.6. The summed E-state index contributed by atoms with van der Waals surface area (Å²) in [4.78, 5) is 23.1. The number of ether oxygens (including phenoxy) is 1. The van der Waals surface area contributed by atoms with Crippen molar-refractivity contribution in [2.75, 3.05) is 6.61 Å². The molecule has 1 aromatic carbocycles. The molecular weight excluding hydrogens is 246 g/mol. The van der Waals surface area contributed by atoms with Gasteiger partial charge in [-0.05, 0) is 37.1 Å². The van der Waals surface area contributed by atoms with E-state index in [1.807, 2.05) is 13.8 Å². The number of hydrogen-bond donors (Lipinski definition) is 2. The second-order valence-electron chi connectivity index (χ2n) is 4.20. The zero-order valence-corrected chi connectivity index (χ0v) is 11.2. The van der Waals surface area contributed by atoms with Crippen molar-refractivity contribution in [2.45, 2.75) is 32.7 Å². The van der Waals surface area contributed by atoms with Gasteiger partial charge in [-0.15, -0.1) is 0 Å². The number of carbonyl (C=O) groups is 2. The van der Waals surface area contributed by atoms with Crippen LogP contribution >= 0.6 is 0 Å². The lowest BCUT2D eigenvalue weighted by Crippen LogP contribution is -2.36. The summed E-state index contributed by atoms with van der Waals surface area (Å²) in [6.45, 7) is 3.67. The van der Waals surface area contributed by atoms with Gasteiger partial charge in [-0.25, -0.2) is 4.79 Å². The van der Waals surface area contributed by atoms with E-state index >= 15 is 0 Å². The number of benzene rings is 1. The Hall–Kier alpha value is -2.04. The second-order valence-corrected chi connectivity index (χ2v) is 4.20. The normalized spacial score (nSPS) is 10.3. The monoisotopic (exact) mass is 265 g/mol. The number of hydrogen-bond acceptors (Lipinski definition) is 4. The highest BCUT2D eigenvalue weighted by molar-refractivity contribution is 5.91. The smallest absolute Gasteiger partial charge is 0.338 e. The minimum absolute atomic E-state index is 0.0722. The van der Waals surface area contributed by atoms with Crippen molar-refractivity contribution in [1.29, 1.82) is 0 Å². The minimum atomic E-state index is -0.584. The molecule has 2 N–H and O–H groups in total. The van der Waals surface area contributed by atoms with E-state index in [-0.39, 0.29) is 24.3 Å². The fraction of sp³-hybridized carbons (Fsp3) is 0.429. The van der Waals surface area contributed by atoms with E-state index in [1.165, 1.54) is 24.3 Å². The van der Waals surface area contributed by atoms with E-state index in [2.05, 4.69) is 5.32 Å². The van der Waals surface area contributed by atoms with Gasteiger partial charge in [0, 0.05) is 6.04 Å². The van der Waals surface area contributed by atoms with Crippen LogP contribution in [0.25, 0.3) is 0 Å². The van der Waals surface area contributed by atoms with Crippen molar-refractivity contribution in [3.8, 4) is 5.75 Å². The average molecular weight is 265 g/mol. The Morgan fingerprint density at radius 1 is 1.21 bits per heavy atom. The van der Waals surface area contributed by atoms with Gasteiger partial charge in [-0.2, -0.15) is 0 Å². The van der Waals surface area contributed by atoms with Crippen LogP contribution in [0.5, 0.6) is 5.75 Å². The van der Waals surface area contributed by atoms with Gasteiger partial charge < -0.3 is 15.2 Å². The van der Waals surface area contributed by atoms with Gasteiger partial charge in [0.05, 0.1) is 5.56 Å². The lowest BCUT2D eigenvalue weighted by atomic mass is 10.2. The minimum Gasteiger partial charge on any atom is -0.508 e. The van der Waals surface area contributed by atoms with Gasteiger partial charge in [0.15, 0.2) is 6.61 Å². The maximum Gasteiger partial charge on any atom is 0.338 e. The number of aromatic hydroxyl groups is 1. The van der Waals surface area contributed by atoms with Crippen LogP contribution in [0.3, 0.4) is 0 Å². The number of esters is 1. The third-order valence-electron chi connectivity index (χ3n) is 2.79. The number of rotatable bonds is 6. The molecule has 1 amide bonds. The van der Waals surface area contributed by atoms with Gasteiger partial charge in [-0.3, -0.25) is 4.79 Å². The van der Waals surface area contributed by atoms with E-state index in [4.69, 9.17) is 9.84 Å². The standard InChI is InChI=1S/C14H19NO4/c1-3-11(4-2)15-13(17)9-19-14(18)10-5-7-12(16)8-6-10/h5-8,11,16H,3-4,9H2,1-2H3,(H,15,17). The molecule has 0 atom stereocenters. The first-order valence-electron chi connectivity index (χ1n) is 6.32. The molecule has 0 spiro atoms. The second kappa shape index (κ2) is 7.41. The maximum atomic E-state index is 11.6. The van der Waals surface area contributed by atoms with Crippen LogP contribution < -0.4 is 5.32 Å². The van der Waals surface area contributed by atoms with Gasteiger partial charge in [0.2, 0.25) is 0 Å². The molecule has 0 aliphatic heterocycles. The van der Waals surface area contributed by atoms with Crippen LogP contribution in [0.4, 0.5) is 0 Å². The molecule has 0 aromatic heterocycles. The molecular formula is C14H19NO4. The number of nitrogens with one attached hydrogen (secondary N) is 1. The fourth-order valence-corrected chi connectivity index (χ4v) is 1.57. The summed E-state index contributed by atoms with van der Waals surface area (Å²) in [7, 11) is 0. The Kier molecular flexibility index (Phi) is 5.85. The van der Waals surface area contributed by atoms with Crippen molar-refractivity contribution < 1.29 is 19.4 Å². The summed E-state index contributed by atoms with van der Waals surface area (Å²) < 4.78 is 4.89. The Bertz CT molecular complexity index is 424. The van der Waals surface area contributed by atoms with Crippen LogP contribution in [0.2, 0.25) is 0 Å². The first-order chi connectivity index (χ1) is 9.06. The Balaban J connectivity index is 2.41. The quantitative estimate of drug-likeness (QED) is 0.770. The molecule has 1 rings (SSSR count). The highest BCUT2D eigenvalue weighted by atomic mass is 16.5. The molecule has 0 saturated heterocycles. The Morgan fingerprint density at radius 2 is 1.79 bits per heavy atom. The lowest BCUT2D eigenvalue weighted by Gasteiger charge is -2.14. The molecule has 5 nitrogen and oxygen atoms in total. The van der Waals surface area contributed by atoms with Crippen LogP contribution in [-0.2, 0) is 9.53 Å². The van der Waals surface area contributed by atoms with Crippen molar-refractivity contribution >= 4 is 11.9 Å². The van der Waals surface area contributed by atoms with Crippen LogP contribution in [0.1, 0.15) is 37.0 Å². The number of phenolic OH excluding ortho intramolecular Hbond substituents is 1. The van der Waals surface area contributed by atoms with E-state index in [0.29, 0.717) is 5.56 Å². The molecule has 0 aliphatic carbocycles. The molecule has 5 heteroatoms. The number of amides is 1. The third-order valence-corrected chi connectivity index (χ3v) is 2.79. The van der Waals surface area contributed by atoms with Crippen molar-refractivity contribution in [2.24, 2.45) is 0 Å². The number of carbonyl (C=O) groups excluding carboxylic acids is 2. The predicted molar refractivity (Wildman–Crippen MR) is 70.9 cm³/mol. The first-order valence-corrected chi connectivity index (χ1v) is 6.32. The SMILES string of the molecule is CCC(CC)NC(=O)COC(=O)c1ccc(O)cc1. The molecule has 1 aromatic rings. The van der Waals surface area contributed by atoms with E-state index < -0.39 is 5.97 Å². The zero-order valence-electron chi connectivity index (χ0n) is 11.2. The highest BCUT2D eigenvalue weighted by Gasteiger charge is 2.12. The topological polar surface area (TPSA) is 75.6 Å². The van der Waals surface area contributed by atoms with Gasteiger partial charge in [-0.1, -0.05) is 13.8 Å². The van der Waals surface area contributed by atoms with Gasteiger partial charge >= 0.3 is 5.97 Å². The summed E-state index contributed by atoms with van der Waals surface area (Å²) in [6, 6.07) is 5.77.